The van der Waals surface area contributed by atoms with E-state index >= 15 is 0 Å². The summed E-state index contributed by atoms with van der Waals surface area (Å²) >= 11 is 0. The molecule has 1 heterocycles. The van der Waals surface area contributed by atoms with E-state index in [-0.39, 0.29) is 6.09 Å². The lowest BCUT2D eigenvalue weighted by Gasteiger charge is -2.31. The summed E-state index contributed by atoms with van der Waals surface area (Å²) in [6.07, 6.45) is 3.78. The van der Waals surface area contributed by atoms with Crippen LogP contribution in [-0.4, -0.2) is 49.2 Å². The van der Waals surface area contributed by atoms with E-state index in [1.165, 1.54) is 6.42 Å². The third kappa shape index (κ3) is 7.20. The molecule has 6 nitrogen and oxygen atoms in total. The Bertz CT molecular complexity index is 337. The molecule has 21 heavy (non-hydrogen) atoms. The first kappa shape index (κ1) is 17.6. The molecule has 6 heteroatoms. The lowest BCUT2D eigenvalue weighted by molar-refractivity contribution is 0.0963. The van der Waals surface area contributed by atoms with Crippen molar-refractivity contribution >= 4 is 12.1 Å². The molecule has 0 aliphatic carbocycles. The second kappa shape index (κ2) is 9.47. The predicted octanol–water partition coefficient (Wildman–Crippen LogP) is 1.95. The van der Waals surface area contributed by atoms with Crippen LogP contribution in [0.4, 0.5) is 4.79 Å². The smallest absolute Gasteiger partial charge is 0.409 e. The largest absolute Gasteiger partial charge is 0.450 e. The first-order valence-corrected chi connectivity index (χ1v) is 8.01. The van der Waals surface area contributed by atoms with Crippen molar-refractivity contribution < 1.29 is 9.53 Å². The highest BCUT2D eigenvalue weighted by Gasteiger charge is 2.23. The highest BCUT2D eigenvalue weighted by molar-refractivity contribution is 5.78. The molecule has 0 aromatic heterocycles. The van der Waals surface area contributed by atoms with Crippen LogP contribution in [0.3, 0.4) is 0 Å². The molecule has 3 N–H and O–H groups in total. The minimum Gasteiger partial charge on any atom is -0.450 e. The van der Waals surface area contributed by atoms with Crippen molar-refractivity contribution in [2.75, 3.05) is 26.2 Å². The van der Waals surface area contributed by atoms with E-state index in [9.17, 15) is 4.79 Å². The molecule has 0 aromatic carbocycles. The van der Waals surface area contributed by atoms with Crippen LogP contribution in [0.15, 0.2) is 4.99 Å². The maximum Gasteiger partial charge on any atom is 0.409 e. The number of guanidine groups is 1. The van der Waals surface area contributed by atoms with E-state index < -0.39 is 0 Å². The number of amides is 1. The van der Waals surface area contributed by atoms with Gasteiger partial charge >= 0.3 is 6.09 Å². The van der Waals surface area contributed by atoms with Crippen LogP contribution in [-0.2, 0) is 4.74 Å². The summed E-state index contributed by atoms with van der Waals surface area (Å²) < 4.78 is 5.00. The Balaban J connectivity index is 2.22. The van der Waals surface area contributed by atoms with Gasteiger partial charge in [-0.3, -0.25) is 4.99 Å². The molecular weight excluding hydrogens is 268 g/mol. The molecule has 1 aliphatic heterocycles. The minimum atomic E-state index is -0.216. The summed E-state index contributed by atoms with van der Waals surface area (Å²) in [6.45, 7) is 8.86. The van der Waals surface area contributed by atoms with Gasteiger partial charge in [-0.05, 0) is 38.5 Å². The SMILES string of the molecule is CCOC(=O)N1CCC(NC(N)=NCCCC(C)C)CC1. The third-order valence-electron chi connectivity index (χ3n) is 3.59. The number of likely N-dealkylation sites (tertiary alicyclic amines) is 1. The van der Waals surface area contributed by atoms with Gasteiger partial charge < -0.3 is 20.7 Å². The fraction of sp³-hybridized carbons (Fsp3) is 0.867. The number of aliphatic imine (C=N–C) groups is 1. The molecule has 0 saturated carbocycles. The van der Waals surface area contributed by atoms with Gasteiger partial charge in [0.15, 0.2) is 5.96 Å². The fourth-order valence-corrected chi connectivity index (χ4v) is 2.37. The van der Waals surface area contributed by atoms with Gasteiger partial charge in [0.1, 0.15) is 0 Å². The molecule has 0 aromatic rings. The topological polar surface area (TPSA) is 80.0 Å². The van der Waals surface area contributed by atoms with Crippen LogP contribution in [0.5, 0.6) is 0 Å². The Morgan fingerprint density at radius 3 is 2.67 bits per heavy atom. The minimum absolute atomic E-state index is 0.216. The van der Waals surface area contributed by atoms with Crippen molar-refractivity contribution in [1.29, 1.82) is 0 Å². The zero-order chi connectivity index (χ0) is 15.7. The van der Waals surface area contributed by atoms with Crippen molar-refractivity contribution in [3.63, 3.8) is 0 Å². The Morgan fingerprint density at radius 2 is 2.10 bits per heavy atom. The third-order valence-corrected chi connectivity index (χ3v) is 3.59. The monoisotopic (exact) mass is 298 g/mol. The molecule has 1 aliphatic rings. The molecule has 1 saturated heterocycles. The number of carbonyl (C=O) groups excluding carboxylic acids is 1. The Kier molecular flexibility index (Phi) is 7.93. The number of rotatable bonds is 6. The van der Waals surface area contributed by atoms with Gasteiger partial charge in [0, 0.05) is 25.7 Å². The van der Waals surface area contributed by atoms with Gasteiger partial charge in [-0.1, -0.05) is 13.8 Å². The quantitative estimate of drug-likeness (QED) is 0.446. The van der Waals surface area contributed by atoms with E-state index in [2.05, 4.69) is 24.2 Å². The number of nitrogens with two attached hydrogens (primary N) is 1. The molecule has 1 fully saturated rings. The lowest BCUT2D eigenvalue weighted by atomic mass is 10.1. The summed E-state index contributed by atoms with van der Waals surface area (Å²) in [5.41, 5.74) is 5.90. The first-order chi connectivity index (χ1) is 10.0. The van der Waals surface area contributed by atoms with Crippen LogP contribution < -0.4 is 11.1 Å². The number of hydrogen-bond donors (Lipinski definition) is 2. The van der Waals surface area contributed by atoms with Gasteiger partial charge in [-0.2, -0.15) is 0 Å². The Morgan fingerprint density at radius 1 is 1.43 bits per heavy atom. The van der Waals surface area contributed by atoms with Gasteiger partial charge in [0.05, 0.1) is 6.61 Å². The first-order valence-electron chi connectivity index (χ1n) is 8.01. The zero-order valence-electron chi connectivity index (χ0n) is 13.6. The number of nitrogens with zero attached hydrogens (tertiary/aromatic N) is 2. The van der Waals surface area contributed by atoms with E-state index in [1.807, 2.05) is 6.92 Å². The van der Waals surface area contributed by atoms with Crippen LogP contribution in [0.25, 0.3) is 0 Å². The Labute approximate surface area is 128 Å². The van der Waals surface area contributed by atoms with E-state index in [4.69, 9.17) is 10.5 Å². The highest BCUT2D eigenvalue weighted by Crippen LogP contribution is 2.11. The van der Waals surface area contributed by atoms with Crippen molar-refractivity contribution in [2.24, 2.45) is 16.6 Å². The molecule has 0 spiro atoms. The molecule has 122 valence electrons. The summed E-state index contributed by atoms with van der Waals surface area (Å²) in [5, 5.41) is 3.25. The van der Waals surface area contributed by atoms with Crippen molar-refractivity contribution in [3.05, 3.63) is 0 Å². The summed E-state index contributed by atoms with van der Waals surface area (Å²) in [6, 6.07) is 0.296. The average Bonchev–Trinajstić information content (AvgIpc) is 2.44. The molecule has 0 atom stereocenters. The molecule has 0 radical (unpaired) electrons. The second-order valence-electron chi connectivity index (χ2n) is 5.91. The second-order valence-corrected chi connectivity index (χ2v) is 5.91. The van der Waals surface area contributed by atoms with Crippen molar-refractivity contribution in [3.8, 4) is 0 Å². The number of ether oxygens (including phenoxy) is 1. The van der Waals surface area contributed by atoms with Crippen LogP contribution in [0.1, 0.15) is 46.5 Å². The van der Waals surface area contributed by atoms with E-state index in [0.29, 0.717) is 37.6 Å². The Hall–Kier alpha value is -1.46. The van der Waals surface area contributed by atoms with Gasteiger partial charge in [0.2, 0.25) is 0 Å². The van der Waals surface area contributed by atoms with E-state index in [1.54, 1.807) is 4.90 Å². The lowest BCUT2D eigenvalue weighted by Crippen LogP contribution is -2.48. The number of nitrogens with one attached hydrogen (secondary N) is 1. The van der Waals surface area contributed by atoms with Crippen LogP contribution >= 0.6 is 0 Å². The zero-order valence-corrected chi connectivity index (χ0v) is 13.6. The van der Waals surface area contributed by atoms with Gasteiger partial charge in [-0.15, -0.1) is 0 Å². The summed E-state index contributed by atoms with van der Waals surface area (Å²) in [4.78, 5) is 17.7. The molecule has 0 bridgehead atoms. The predicted molar refractivity (Wildman–Crippen MR) is 85.3 cm³/mol. The molecular formula is C15H30N4O2. The van der Waals surface area contributed by atoms with Crippen molar-refractivity contribution in [2.45, 2.75) is 52.5 Å². The molecule has 0 unspecified atom stereocenters. The average molecular weight is 298 g/mol. The van der Waals surface area contributed by atoms with Gasteiger partial charge in [-0.25, -0.2) is 4.79 Å². The summed E-state index contributed by atoms with van der Waals surface area (Å²) in [5.74, 6) is 1.23. The maximum absolute atomic E-state index is 11.6. The van der Waals surface area contributed by atoms with Crippen molar-refractivity contribution in [1.82, 2.24) is 10.2 Å². The number of hydrogen-bond acceptors (Lipinski definition) is 3. The van der Waals surface area contributed by atoms with Crippen LogP contribution in [0, 0.1) is 5.92 Å². The van der Waals surface area contributed by atoms with E-state index in [0.717, 1.165) is 25.8 Å². The number of piperidine rings is 1. The maximum atomic E-state index is 11.6. The van der Waals surface area contributed by atoms with Gasteiger partial charge in [0.25, 0.3) is 0 Å². The summed E-state index contributed by atoms with van der Waals surface area (Å²) in [7, 11) is 0. The highest BCUT2D eigenvalue weighted by atomic mass is 16.6. The fourth-order valence-electron chi connectivity index (χ4n) is 2.37. The molecule has 1 rings (SSSR count). The van der Waals surface area contributed by atoms with Crippen LogP contribution in [0.2, 0.25) is 0 Å². The molecule has 1 amide bonds. The normalized spacial score (nSPS) is 17.1. The standard InChI is InChI=1S/C15H30N4O2/c1-4-21-15(20)19-10-7-13(8-11-19)18-14(16)17-9-5-6-12(2)3/h12-13H,4-11H2,1-3H3,(H3,16,17,18). The number of carbonyl (C=O) groups is 1.